The number of nitrogens with one attached hydrogen (secondary N) is 1. The Morgan fingerprint density at radius 3 is 3.00 bits per heavy atom. The molecule has 7 nitrogen and oxygen atoms in total. The van der Waals surface area contributed by atoms with Gasteiger partial charge in [0.25, 0.3) is 5.56 Å². The zero-order valence-corrected chi connectivity index (χ0v) is 15.5. The van der Waals surface area contributed by atoms with Crippen LogP contribution in [0.1, 0.15) is 23.6 Å². The molecule has 3 aromatic heterocycles. The summed E-state index contributed by atoms with van der Waals surface area (Å²) in [6, 6.07) is 5.53. The highest BCUT2D eigenvalue weighted by atomic mass is 32.1. The number of carbonyl (C=O) groups is 1. The normalized spacial score (nSPS) is 17.5. The fraction of sp³-hybridized carbons (Fsp3) is 0.389. The standard InChI is InChI=1S/C18H20N4O3S/c1-11-17(14-4-3-7-26-14)20-22-16(24)9-13(19-18(11)22)12-8-15(23)21(10-12)5-6-25-2/h3-4,7,9,12,20H,5-6,8,10H2,1-2H3. The lowest BCUT2D eigenvalue weighted by atomic mass is 10.0. The van der Waals surface area contributed by atoms with Gasteiger partial charge in [-0.15, -0.1) is 11.3 Å². The average molecular weight is 372 g/mol. The van der Waals surface area contributed by atoms with Crippen LogP contribution in [0.2, 0.25) is 0 Å². The highest BCUT2D eigenvalue weighted by molar-refractivity contribution is 7.13. The van der Waals surface area contributed by atoms with E-state index < -0.39 is 0 Å². The van der Waals surface area contributed by atoms with Gasteiger partial charge in [0.2, 0.25) is 5.91 Å². The highest BCUT2D eigenvalue weighted by Crippen LogP contribution is 2.30. The van der Waals surface area contributed by atoms with Gasteiger partial charge >= 0.3 is 0 Å². The van der Waals surface area contributed by atoms with Crippen molar-refractivity contribution >= 4 is 22.9 Å². The van der Waals surface area contributed by atoms with Crippen molar-refractivity contribution in [3.05, 3.63) is 45.2 Å². The van der Waals surface area contributed by atoms with Crippen LogP contribution in [0.4, 0.5) is 0 Å². The van der Waals surface area contributed by atoms with Gasteiger partial charge in [-0.3, -0.25) is 14.7 Å². The Morgan fingerprint density at radius 2 is 2.27 bits per heavy atom. The number of methoxy groups -OCH3 is 1. The number of hydrogen-bond donors (Lipinski definition) is 1. The van der Waals surface area contributed by atoms with E-state index in [1.54, 1.807) is 29.4 Å². The molecule has 0 radical (unpaired) electrons. The second-order valence-corrected chi connectivity index (χ2v) is 7.45. The molecule has 0 aliphatic carbocycles. The third kappa shape index (κ3) is 2.85. The number of aromatic amines is 1. The molecular formula is C18H20N4O3S. The van der Waals surface area contributed by atoms with Gasteiger partial charge < -0.3 is 9.64 Å². The summed E-state index contributed by atoms with van der Waals surface area (Å²) in [6.07, 6.45) is 0.383. The minimum absolute atomic E-state index is 0.0588. The van der Waals surface area contributed by atoms with Crippen LogP contribution in [0.15, 0.2) is 28.4 Å². The molecule has 1 aliphatic heterocycles. The molecule has 0 aromatic carbocycles. The maximum Gasteiger partial charge on any atom is 0.272 e. The van der Waals surface area contributed by atoms with Crippen molar-refractivity contribution in [1.29, 1.82) is 0 Å². The zero-order chi connectivity index (χ0) is 18.3. The number of likely N-dealkylation sites (tertiary alicyclic amines) is 1. The molecule has 3 aromatic rings. The SMILES string of the molecule is COCCN1CC(c2cc(=O)n3[nH]c(-c4cccs4)c(C)c3n2)CC1=O. The van der Waals surface area contributed by atoms with E-state index in [9.17, 15) is 9.59 Å². The van der Waals surface area contributed by atoms with Crippen LogP contribution in [0, 0.1) is 6.92 Å². The molecule has 1 unspecified atom stereocenters. The van der Waals surface area contributed by atoms with Gasteiger partial charge in [-0.1, -0.05) is 6.07 Å². The topological polar surface area (TPSA) is 79.7 Å². The lowest BCUT2D eigenvalue weighted by Crippen LogP contribution is -2.28. The van der Waals surface area contributed by atoms with E-state index in [1.165, 1.54) is 4.52 Å². The first-order valence-electron chi connectivity index (χ1n) is 8.51. The molecule has 1 atom stereocenters. The summed E-state index contributed by atoms with van der Waals surface area (Å²) >= 11 is 1.61. The fourth-order valence-corrected chi connectivity index (χ4v) is 4.20. The molecule has 4 rings (SSSR count). The van der Waals surface area contributed by atoms with E-state index in [-0.39, 0.29) is 17.4 Å². The van der Waals surface area contributed by atoms with Gasteiger partial charge in [0.05, 0.1) is 22.9 Å². The van der Waals surface area contributed by atoms with E-state index in [4.69, 9.17) is 9.72 Å². The first-order chi connectivity index (χ1) is 12.6. The Hall–Kier alpha value is -2.45. The molecule has 1 fully saturated rings. The molecule has 0 spiro atoms. The summed E-state index contributed by atoms with van der Waals surface area (Å²) in [6.45, 7) is 3.61. The summed E-state index contributed by atoms with van der Waals surface area (Å²) in [5.74, 6) is 0.0238. The lowest BCUT2D eigenvalue weighted by Gasteiger charge is -2.15. The number of nitrogens with zero attached hydrogens (tertiary/aromatic N) is 3. The Labute approximate surface area is 154 Å². The second-order valence-electron chi connectivity index (χ2n) is 6.50. The van der Waals surface area contributed by atoms with Gasteiger partial charge in [-0.25, -0.2) is 9.50 Å². The second kappa shape index (κ2) is 6.69. The quantitative estimate of drug-likeness (QED) is 0.743. The van der Waals surface area contributed by atoms with E-state index in [1.807, 2.05) is 24.4 Å². The number of rotatable bonds is 5. The maximum absolute atomic E-state index is 12.6. The number of amides is 1. The molecule has 0 saturated carbocycles. The number of aryl methyl sites for hydroxylation is 1. The number of H-pyrrole nitrogens is 1. The summed E-state index contributed by atoms with van der Waals surface area (Å²) < 4.78 is 6.54. The first-order valence-corrected chi connectivity index (χ1v) is 9.39. The third-order valence-electron chi connectivity index (χ3n) is 4.84. The largest absolute Gasteiger partial charge is 0.383 e. The smallest absolute Gasteiger partial charge is 0.272 e. The van der Waals surface area contributed by atoms with Crippen LogP contribution in [-0.2, 0) is 9.53 Å². The van der Waals surface area contributed by atoms with Crippen LogP contribution in [-0.4, -0.2) is 52.2 Å². The van der Waals surface area contributed by atoms with E-state index in [0.717, 1.165) is 16.1 Å². The van der Waals surface area contributed by atoms with Crippen LogP contribution in [0.5, 0.6) is 0 Å². The van der Waals surface area contributed by atoms with Crippen LogP contribution in [0.25, 0.3) is 16.2 Å². The van der Waals surface area contributed by atoms with Crippen molar-refractivity contribution in [2.75, 3.05) is 26.8 Å². The van der Waals surface area contributed by atoms with E-state index in [2.05, 4.69) is 5.10 Å². The molecule has 1 saturated heterocycles. The third-order valence-corrected chi connectivity index (χ3v) is 5.73. The zero-order valence-electron chi connectivity index (χ0n) is 14.7. The van der Waals surface area contributed by atoms with E-state index in [0.29, 0.717) is 37.5 Å². The van der Waals surface area contributed by atoms with Crippen molar-refractivity contribution in [3.63, 3.8) is 0 Å². The summed E-state index contributed by atoms with van der Waals surface area (Å²) in [4.78, 5) is 32.4. The predicted molar refractivity (Wildman–Crippen MR) is 99.7 cm³/mol. The Morgan fingerprint density at radius 1 is 1.42 bits per heavy atom. The first kappa shape index (κ1) is 17.0. The Balaban J connectivity index is 1.71. The van der Waals surface area contributed by atoms with Crippen LogP contribution >= 0.6 is 11.3 Å². The molecule has 136 valence electrons. The van der Waals surface area contributed by atoms with Gasteiger partial charge in [0, 0.05) is 44.2 Å². The molecule has 8 heteroatoms. The summed E-state index contributed by atoms with van der Waals surface area (Å²) in [7, 11) is 1.62. The molecule has 1 amide bonds. The van der Waals surface area contributed by atoms with Crippen molar-refractivity contribution in [2.45, 2.75) is 19.3 Å². The number of carbonyl (C=O) groups excluding carboxylic acids is 1. The number of hydrogen-bond acceptors (Lipinski definition) is 5. The molecule has 4 heterocycles. The minimum atomic E-state index is -0.154. The van der Waals surface area contributed by atoms with E-state index >= 15 is 0 Å². The van der Waals surface area contributed by atoms with Crippen molar-refractivity contribution < 1.29 is 9.53 Å². The van der Waals surface area contributed by atoms with Crippen molar-refractivity contribution in [3.8, 4) is 10.6 Å². The summed E-state index contributed by atoms with van der Waals surface area (Å²) in [5, 5.41) is 5.16. The molecule has 26 heavy (non-hydrogen) atoms. The average Bonchev–Trinajstić information content (AvgIpc) is 3.33. The Kier molecular flexibility index (Phi) is 4.37. The molecular weight excluding hydrogens is 352 g/mol. The van der Waals surface area contributed by atoms with Gasteiger partial charge in [0.1, 0.15) is 0 Å². The van der Waals surface area contributed by atoms with Crippen molar-refractivity contribution in [2.24, 2.45) is 0 Å². The molecule has 1 aliphatic rings. The maximum atomic E-state index is 12.6. The van der Waals surface area contributed by atoms with Gasteiger partial charge in [-0.05, 0) is 18.4 Å². The van der Waals surface area contributed by atoms with Crippen LogP contribution < -0.4 is 5.56 Å². The lowest BCUT2D eigenvalue weighted by molar-refractivity contribution is -0.128. The van der Waals surface area contributed by atoms with Crippen molar-refractivity contribution in [1.82, 2.24) is 19.5 Å². The van der Waals surface area contributed by atoms with Crippen LogP contribution in [0.3, 0.4) is 0 Å². The highest BCUT2D eigenvalue weighted by Gasteiger charge is 2.32. The minimum Gasteiger partial charge on any atom is -0.383 e. The predicted octanol–water partition coefficient (Wildman–Crippen LogP) is 2.02. The molecule has 0 bridgehead atoms. The Bertz CT molecular complexity index is 1010. The monoisotopic (exact) mass is 372 g/mol. The van der Waals surface area contributed by atoms with Gasteiger partial charge in [-0.2, -0.15) is 0 Å². The number of aromatic nitrogens is 3. The fourth-order valence-electron chi connectivity index (χ4n) is 3.42. The number of ether oxygens (including phenoxy) is 1. The summed E-state index contributed by atoms with van der Waals surface area (Å²) in [5.41, 5.74) is 3.00. The number of fused-ring (bicyclic) bond motifs is 1. The number of thiophene rings is 1. The van der Waals surface area contributed by atoms with Gasteiger partial charge in [0.15, 0.2) is 5.65 Å². The molecule has 1 N–H and O–H groups in total.